The molecule has 6 nitrogen and oxygen atoms in total. The van der Waals surface area contributed by atoms with E-state index < -0.39 is 0 Å². The molecule has 0 bridgehead atoms. The highest BCUT2D eigenvalue weighted by Gasteiger charge is 2.29. The van der Waals surface area contributed by atoms with Crippen LogP contribution in [0.5, 0.6) is 0 Å². The number of aryl methyl sites for hydroxylation is 2. The third kappa shape index (κ3) is 3.46. The van der Waals surface area contributed by atoms with Crippen LogP contribution in [0.15, 0.2) is 23.9 Å². The fraction of sp³-hybridized carbons (Fsp3) is 0.333. The van der Waals surface area contributed by atoms with Gasteiger partial charge in [-0.3, -0.25) is 14.6 Å². The van der Waals surface area contributed by atoms with Gasteiger partial charge in [0.2, 0.25) is 5.78 Å². The van der Waals surface area contributed by atoms with Gasteiger partial charge in [-0.1, -0.05) is 6.92 Å². The van der Waals surface area contributed by atoms with Crippen LogP contribution < -0.4 is 0 Å². The lowest BCUT2D eigenvalue weighted by Crippen LogP contribution is -2.14. The number of nitrogens with zero attached hydrogens (tertiary/aromatic N) is 2. The van der Waals surface area contributed by atoms with Gasteiger partial charge in [-0.15, -0.1) is 11.3 Å². The predicted molar refractivity (Wildman–Crippen MR) is 93.6 cm³/mol. The number of esters is 1. The van der Waals surface area contributed by atoms with Gasteiger partial charge in [0.1, 0.15) is 10.8 Å². The fourth-order valence-electron chi connectivity index (χ4n) is 2.69. The molecular formula is C18H18N2O4S. The first-order chi connectivity index (χ1) is 12.0. The number of aromatic nitrogens is 2. The minimum absolute atomic E-state index is 0.0336. The first kappa shape index (κ1) is 17.3. The zero-order chi connectivity index (χ0) is 18.0. The number of methoxy groups -OCH3 is 1. The van der Waals surface area contributed by atoms with Crippen molar-refractivity contribution in [3.63, 3.8) is 0 Å². The molecule has 2 aromatic rings. The number of ether oxygens (including phenoxy) is 1. The summed E-state index contributed by atoms with van der Waals surface area (Å²) in [5, 5.41) is 11.1. The van der Waals surface area contributed by atoms with Crippen LogP contribution in [-0.4, -0.2) is 33.9 Å². The summed E-state index contributed by atoms with van der Waals surface area (Å²) in [5.41, 5.74) is 2.51. The van der Waals surface area contributed by atoms with Gasteiger partial charge in [-0.05, 0) is 31.4 Å². The molecule has 1 aliphatic rings. The van der Waals surface area contributed by atoms with Crippen LogP contribution >= 0.6 is 11.3 Å². The van der Waals surface area contributed by atoms with Crippen LogP contribution in [0, 0.1) is 0 Å². The number of aliphatic hydroxyl groups is 1. The van der Waals surface area contributed by atoms with Crippen LogP contribution in [-0.2, 0) is 28.8 Å². The number of fused-ring (bicyclic) bond motifs is 1. The average molecular weight is 358 g/mol. The van der Waals surface area contributed by atoms with Crippen LogP contribution in [0.25, 0.3) is 5.76 Å². The second-order valence-electron chi connectivity index (χ2n) is 5.68. The molecule has 0 amide bonds. The minimum atomic E-state index is -0.390. The summed E-state index contributed by atoms with van der Waals surface area (Å²) >= 11 is 1.19. The normalized spacial score (nSPS) is 15.7. The van der Waals surface area contributed by atoms with Crippen molar-refractivity contribution in [2.24, 2.45) is 0 Å². The Labute approximate surface area is 149 Å². The Kier molecular flexibility index (Phi) is 4.94. The maximum absolute atomic E-state index is 12.7. The van der Waals surface area contributed by atoms with E-state index in [1.807, 2.05) is 13.0 Å². The topological polar surface area (TPSA) is 89.4 Å². The number of Topliss-reactive ketones (excluding diaryl/α,β-unsaturated/α-hetero) is 1. The van der Waals surface area contributed by atoms with Crippen molar-refractivity contribution in [3.8, 4) is 0 Å². The maximum Gasteiger partial charge on any atom is 0.312 e. The van der Waals surface area contributed by atoms with Gasteiger partial charge in [0.25, 0.3) is 0 Å². The van der Waals surface area contributed by atoms with Gasteiger partial charge in [-0.2, -0.15) is 0 Å². The number of aliphatic hydroxyl groups excluding tert-OH is 1. The summed E-state index contributed by atoms with van der Waals surface area (Å²) in [7, 11) is 1.32. The van der Waals surface area contributed by atoms with Crippen molar-refractivity contribution in [3.05, 3.63) is 50.7 Å². The zero-order valence-corrected chi connectivity index (χ0v) is 14.9. The third-order valence-electron chi connectivity index (χ3n) is 4.10. The van der Waals surface area contributed by atoms with Crippen molar-refractivity contribution in [2.75, 3.05) is 7.11 Å². The van der Waals surface area contributed by atoms with Gasteiger partial charge in [-0.25, -0.2) is 4.98 Å². The number of hydrogen-bond donors (Lipinski definition) is 1. The first-order valence-electron chi connectivity index (χ1n) is 8.01. The molecule has 1 N–H and O–H groups in total. The van der Waals surface area contributed by atoms with E-state index in [1.165, 1.54) is 18.4 Å². The molecule has 0 saturated heterocycles. The molecule has 3 rings (SSSR count). The number of carbonyl (C=O) groups excluding carboxylic acids is 2. The van der Waals surface area contributed by atoms with E-state index in [-0.39, 0.29) is 23.9 Å². The molecular weight excluding hydrogens is 340 g/mol. The van der Waals surface area contributed by atoms with Gasteiger partial charge in [0.05, 0.1) is 24.1 Å². The van der Waals surface area contributed by atoms with Crippen molar-refractivity contribution in [1.82, 2.24) is 9.97 Å². The Balaban J connectivity index is 1.90. The number of pyridine rings is 1. The van der Waals surface area contributed by atoms with Gasteiger partial charge in [0, 0.05) is 23.0 Å². The fourth-order valence-corrected chi connectivity index (χ4v) is 3.75. The van der Waals surface area contributed by atoms with Crippen molar-refractivity contribution in [1.29, 1.82) is 0 Å². The number of allylic oxidation sites excluding steroid dienone is 1. The van der Waals surface area contributed by atoms with E-state index in [0.717, 1.165) is 12.1 Å². The number of hydrogen-bond acceptors (Lipinski definition) is 7. The minimum Gasteiger partial charge on any atom is -0.507 e. The van der Waals surface area contributed by atoms with Gasteiger partial charge >= 0.3 is 5.97 Å². The molecule has 0 aromatic carbocycles. The molecule has 0 radical (unpaired) electrons. The average Bonchev–Trinajstić information content (AvgIpc) is 3.05. The second kappa shape index (κ2) is 7.14. The predicted octanol–water partition coefficient (Wildman–Crippen LogP) is 2.91. The highest BCUT2D eigenvalue weighted by molar-refractivity contribution is 7.14. The molecule has 0 spiro atoms. The molecule has 0 aliphatic heterocycles. The summed E-state index contributed by atoms with van der Waals surface area (Å²) in [5.74, 6) is -0.653. The number of thiazole rings is 1. The molecule has 0 saturated carbocycles. The summed E-state index contributed by atoms with van der Waals surface area (Å²) in [6, 6.07) is 3.61. The molecule has 130 valence electrons. The summed E-state index contributed by atoms with van der Waals surface area (Å²) in [4.78, 5) is 33.2. The second-order valence-corrected chi connectivity index (χ2v) is 6.77. The van der Waals surface area contributed by atoms with E-state index in [0.29, 0.717) is 39.6 Å². The zero-order valence-electron chi connectivity index (χ0n) is 14.0. The number of carbonyl (C=O) groups is 2. The molecule has 2 aromatic heterocycles. The van der Waals surface area contributed by atoms with Crippen LogP contribution in [0.2, 0.25) is 0 Å². The Morgan fingerprint density at radius 1 is 1.36 bits per heavy atom. The molecule has 25 heavy (non-hydrogen) atoms. The smallest absolute Gasteiger partial charge is 0.312 e. The molecule has 1 aliphatic carbocycles. The lowest BCUT2D eigenvalue weighted by atomic mass is 9.93. The number of rotatable bonds is 4. The van der Waals surface area contributed by atoms with E-state index in [1.54, 1.807) is 12.3 Å². The quantitative estimate of drug-likeness (QED) is 0.513. The summed E-state index contributed by atoms with van der Waals surface area (Å²) < 4.78 is 4.64. The molecule has 0 atom stereocenters. The molecule has 2 heterocycles. The van der Waals surface area contributed by atoms with Crippen LogP contribution in [0.4, 0.5) is 0 Å². The Morgan fingerprint density at radius 3 is 2.80 bits per heavy atom. The van der Waals surface area contributed by atoms with Gasteiger partial charge < -0.3 is 9.84 Å². The Hall–Kier alpha value is -2.54. The summed E-state index contributed by atoms with van der Waals surface area (Å²) in [6.45, 7) is 2.00. The van der Waals surface area contributed by atoms with Gasteiger partial charge in [0.15, 0.2) is 0 Å². The SMILES string of the molecule is CCc1ccc(C(O)=C2CCc3nc(CC(=O)OC)sc3C2=O)cn1. The van der Waals surface area contributed by atoms with E-state index in [4.69, 9.17) is 0 Å². The molecule has 0 unspecified atom stereocenters. The Bertz CT molecular complexity index is 852. The van der Waals surface area contributed by atoms with Crippen LogP contribution in [0.1, 0.15) is 45.0 Å². The maximum atomic E-state index is 12.7. The highest BCUT2D eigenvalue weighted by atomic mass is 32.1. The summed E-state index contributed by atoms with van der Waals surface area (Å²) in [6.07, 6.45) is 3.41. The van der Waals surface area contributed by atoms with Crippen molar-refractivity contribution < 1.29 is 19.4 Å². The number of ketones is 1. The monoisotopic (exact) mass is 358 g/mol. The highest BCUT2D eigenvalue weighted by Crippen LogP contribution is 2.33. The lowest BCUT2D eigenvalue weighted by molar-refractivity contribution is -0.139. The third-order valence-corrected chi connectivity index (χ3v) is 5.20. The largest absolute Gasteiger partial charge is 0.507 e. The Morgan fingerprint density at radius 2 is 2.16 bits per heavy atom. The first-order valence-corrected chi connectivity index (χ1v) is 8.82. The van der Waals surface area contributed by atoms with Crippen LogP contribution in [0.3, 0.4) is 0 Å². The van der Waals surface area contributed by atoms with Crippen molar-refractivity contribution >= 4 is 28.8 Å². The van der Waals surface area contributed by atoms with E-state index in [9.17, 15) is 14.7 Å². The van der Waals surface area contributed by atoms with Crippen molar-refractivity contribution in [2.45, 2.75) is 32.6 Å². The lowest BCUT2D eigenvalue weighted by Gasteiger charge is -2.14. The molecule has 0 fully saturated rings. The van der Waals surface area contributed by atoms with E-state index in [2.05, 4.69) is 14.7 Å². The van der Waals surface area contributed by atoms with E-state index >= 15 is 0 Å². The molecule has 7 heteroatoms. The standard InChI is InChI=1S/C18H18N2O4S/c1-3-11-5-4-10(9-19-11)16(22)12-6-7-13-18(17(12)23)25-14(20-13)8-15(21)24-2/h4-5,9,22H,3,6-8H2,1-2H3.